The number of carboxylic acid groups (broad SMARTS) is 1. The highest BCUT2D eigenvalue weighted by Crippen LogP contribution is 2.12. The van der Waals surface area contributed by atoms with Gasteiger partial charge in [-0.25, -0.2) is 4.79 Å². The van der Waals surface area contributed by atoms with Crippen molar-refractivity contribution in [1.82, 2.24) is 4.40 Å². The van der Waals surface area contributed by atoms with Crippen LogP contribution in [0.5, 0.6) is 0 Å². The van der Waals surface area contributed by atoms with Crippen LogP contribution in [0.15, 0.2) is 35.3 Å². The summed E-state index contributed by atoms with van der Waals surface area (Å²) in [7, 11) is 0. The van der Waals surface area contributed by atoms with Gasteiger partial charge in [0.25, 0.3) is 5.56 Å². The Balaban J connectivity index is 3.03. The molecule has 0 aliphatic heterocycles. The summed E-state index contributed by atoms with van der Waals surface area (Å²) >= 11 is 0. The smallest absolute Gasteiger partial charge is 0.338 e. The molecule has 2 aromatic rings. The van der Waals surface area contributed by atoms with E-state index >= 15 is 0 Å². The monoisotopic (exact) mass is 203 g/mol. The number of aromatic nitrogens is 1. The molecule has 0 aliphatic carbocycles. The van der Waals surface area contributed by atoms with Gasteiger partial charge in [0.15, 0.2) is 0 Å². The van der Waals surface area contributed by atoms with Crippen molar-refractivity contribution in [2.45, 2.75) is 6.92 Å². The first-order valence-electron chi connectivity index (χ1n) is 4.45. The van der Waals surface area contributed by atoms with Crippen LogP contribution >= 0.6 is 0 Å². The topological polar surface area (TPSA) is 58.8 Å². The molecule has 0 aliphatic rings. The van der Waals surface area contributed by atoms with Crippen LogP contribution in [0.4, 0.5) is 0 Å². The molecule has 0 saturated carbocycles. The molecule has 0 saturated heterocycles. The molecule has 0 amide bonds. The second-order valence-electron chi connectivity index (χ2n) is 3.30. The predicted molar refractivity (Wildman–Crippen MR) is 55.4 cm³/mol. The lowest BCUT2D eigenvalue weighted by Crippen LogP contribution is -2.17. The van der Waals surface area contributed by atoms with Crippen molar-refractivity contribution in [3.8, 4) is 0 Å². The summed E-state index contributed by atoms with van der Waals surface area (Å²) in [4.78, 5) is 22.6. The van der Waals surface area contributed by atoms with Crippen molar-refractivity contribution >= 4 is 11.5 Å². The maximum absolute atomic E-state index is 11.5. The van der Waals surface area contributed by atoms with Crippen molar-refractivity contribution in [1.29, 1.82) is 0 Å². The number of aryl methyl sites for hydroxylation is 1. The Morgan fingerprint density at radius 2 is 2.13 bits per heavy atom. The average molecular weight is 203 g/mol. The van der Waals surface area contributed by atoms with Crippen molar-refractivity contribution in [2.75, 3.05) is 0 Å². The zero-order valence-electron chi connectivity index (χ0n) is 8.10. The van der Waals surface area contributed by atoms with Crippen LogP contribution in [0.2, 0.25) is 0 Å². The van der Waals surface area contributed by atoms with Crippen LogP contribution in [-0.4, -0.2) is 15.5 Å². The number of carboxylic acids is 1. The van der Waals surface area contributed by atoms with Crippen molar-refractivity contribution < 1.29 is 9.90 Å². The summed E-state index contributed by atoms with van der Waals surface area (Å²) in [5.41, 5.74) is 0.872. The van der Waals surface area contributed by atoms with Crippen LogP contribution in [0.25, 0.3) is 5.52 Å². The van der Waals surface area contributed by atoms with Crippen LogP contribution in [0.1, 0.15) is 15.9 Å². The minimum Gasteiger partial charge on any atom is -0.478 e. The van der Waals surface area contributed by atoms with E-state index in [0.717, 1.165) is 0 Å². The third-order valence-electron chi connectivity index (χ3n) is 2.30. The van der Waals surface area contributed by atoms with E-state index < -0.39 is 5.97 Å². The molecular weight excluding hydrogens is 194 g/mol. The van der Waals surface area contributed by atoms with Crippen LogP contribution < -0.4 is 5.56 Å². The first kappa shape index (κ1) is 9.45. The maximum atomic E-state index is 11.5. The zero-order valence-corrected chi connectivity index (χ0v) is 8.10. The zero-order chi connectivity index (χ0) is 11.0. The van der Waals surface area contributed by atoms with E-state index in [1.54, 1.807) is 31.3 Å². The number of hydrogen-bond acceptors (Lipinski definition) is 2. The SMILES string of the molecule is Cc1cc(=O)n2ccccc2c1C(=O)O. The standard InChI is InChI=1S/C11H9NO3/c1-7-6-9(13)12-5-3-2-4-8(12)10(7)11(14)15/h2-6H,1H3,(H,14,15). The molecule has 2 rings (SSSR count). The molecule has 15 heavy (non-hydrogen) atoms. The van der Waals surface area contributed by atoms with Crippen LogP contribution in [0.3, 0.4) is 0 Å². The molecule has 2 heterocycles. The van der Waals surface area contributed by atoms with Crippen LogP contribution in [0, 0.1) is 6.92 Å². The van der Waals surface area contributed by atoms with Gasteiger partial charge in [0.2, 0.25) is 0 Å². The van der Waals surface area contributed by atoms with E-state index in [9.17, 15) is 9.59 Å². The molecule has 4 heteroatoms. The lowest BCUT2D eigenvalue weighted by Gasteiger charge is -2.06. The molecule has 0 radical (unpaired) electrons. The summed E-state index contributed by atoms with van der Waals surface area (Å²) in [6, 6.07) is 6.35. The number of hydrogen-bond donors (Lipinski definition) is 1. The number of rotatable bonds is 1. The fourth-order valence-corrected chi connectivity index (χ4v) is 1.65. The van der Waals surface area contributed by atoms with Crippen molar-refractivity contribution in [3.63, 3.8) is 0 Å². The van der Waals surface area contributed by atoms with Gasteiger partial charge < -0.3 is 5.11 Å². The quantitative estimate of drug-likeness (QED) is 0.760. The van der Waals surface area contributed by atoms with E-state index in [-0.39, 0.29) is 11.1 Å². The molecule has 0 spiro atoms. The molecule has 4 nitrogen and oxygen atoms in total. The van der Waals surface area contributed by atoms with E-state index in [4.69, 9.17) is 5.11 Å². The highest BCUT2D eigenvalue weighted by molar-refractivity contribution is 5.97. The average Bonchev–Trinajstić information content (AvgIpc) is 2.17. The van der Waals surface area contributed by atoms with Gasteiger partial charge in [0, 0.05) is 12.3 Å². The number of carbonyl (C=O) groups is 1. The third kappa shape index (κ3) is 1.40. The lowest BCUT2D eigenvalue weighted by atomic mass is 10.1. The summed E-state index contributed by atoms with van der Waals surface area (Å²) in [5, 5.41) is 9.04. The predicted octanol–water partition coefficient (Wildman–Crippen LogP) is 1.31. The largest absolute Gasteiger partial charge is 0.478 e. The van der Waals surface area contributed by atoms with E-state index in [1.807, 2.05) is 0 Å². The first-order valence-corrected chi connectivity index (χ1v) is 4.45. The molecule has 0 fully saturated rings. The molecule has 2 aromatic heterocycles. The van der Waals surface area contributed by atoms with Crippen LogP contribution in [-0.2, 0) is 0 Å². The number of nitrogens with zero attached hydrogens (tertiary/aromatic N) is 1. The first-order chi connectivity index (χ1) is 7.11. The second-order valence-corrected chi connectivity index (χ2v) is 3.30. The van der Waals surface area contributed by atoms with Crippen molar-refractivity contribution in [3.05, 3.63) is 51.9 Å². The van der Waals surface area contributed by atoms with Gasteiger partial charge in [-0.1, -0.05) is 6.07 Å². The van der Waals surface area contributed by atoms with Gasteiger partial charge in [-0.15, -0.1) is 0 Å². The summed E-state index contributed by atoms with van der Waals surface area (Å²) in [6.45, 7) is 1.62. The van der Waals surface area contributed by atoms with Crippen molar-refractivity contribution in [2.24, 2.45) is 0 Å². The molecule has 1 N–H and O–H groups in total. The van der Waals surface area contributed by atoms with Gasteiger partial charge in [-0.3, -0.25) is 9.20 Å². The Morgan fingerprint density at radius 1 is 1.40 bits per heavy atom. The Morgan fingerprint density at radius 3 is 2.80 bits per heavy atom. The minimum atomic E-state index is -1.02. The molecule has 0 bridgehead atoms. The Bertz CT molecular complexity index is 598. The normalized spacial score (nSPS) is 10.5. The Hall–Kier alpha value is -2.10. The van der Waals surface area contributed by atoms with Gasteiger partial charge in [-0.05, 0) is 24.6 Å². The van der Waals surface area contributed by atoms with E-state index in [1.165, 1.54) is 10.5 Å². The van der Waals surface area contributed by atoms with E-state index in [2.05, 4.69) is 0 Å². The van der Waals surface area contributed by atoms with Gasteiger partial charge in [0.05, 0.1) is 11.1 Å². The Labute approximate surface area is 85.4 Å². The van der Waals surface area contributed by atoms with E-state index in [0.29, 0.717) is 11.1 Å². The molecule has 0 unspecified atom stereocenters. The Kier molecular flexibility index (Phi) is 2.04. The summed E-state index contributed by atoms with van der Waals surface area (Å²) in [5.74, 6) is -1.02. The summed E-state index contributed by atoms with van der Waals surface area (Å²) in [6.07, 6.45) is 1.56. The molecular formula is C11H9NO3. The fraction of sp³-hybridized carbons (Fsp3) is 0.0909. The molecule has 0 aromatic carbocycles. The fourth-order valence-electron chi connectivity index (χ4n) is 1.65. The second kappa shape index (κ2) is 3.24. The number of fused-ring (bicyclic) bond motifs is 1. The maximum Gasteiger partial charge on any atom is 0.338 e. The summed E-state index contributed by atoms with van der Waals surface area (Å²) < 4.78 is 1.33. The number of pyridine rings is 2. The lowest BCUT2D eigenvalue weighted by molar-refractivity contribution is 0.0698. The highest BCUT2D eigenvalue weighted by atomic mass is 16.4. The van der Waals surface area contributed by atoms with Gasteiger partial charge in [0.1, 0.15) is 0 Å². The minimum absolute atomic E-state index is 0.176. The molecule has 76 valence electrons. The number of aromatic carboxylic acids is 1. The molecule has 0 atom stereocenters. The van der Waals surface area contributed by atoms with Gasteiger partial charge in [-0.2, -0.15) is 0 Å². The highest BCUT2D eigenvalue weighted by Gasteiger charge is 2.12. The van der Waals surface area contributed by atoms with Gasteiger partial charge >= 0.3 is 5.97 Å². The third-order valence-corrected chi connectivity index (χ3v) is 2.30.